The Morgan fingerprint density at radius 1 is 1.56 bits per heavy atom. The largest absolute Gasteiger partial charge is 0.467 e. The SMILES string of the molecule is NNC(=O)c1ccoc1Cn1ccc(C2CC2)n1. The van der Waals surface area contributed by atoms with Gasteiger partial charge in [-0.15, -0.1) is 0 Å². The van der Waals surface area contributed by atoms with Crippen molar-refractivity contribution in [2.45, 2.75) is 25.3 Å². The van der Waals surface area contributed by atoms with Crippen molar-refractivity contribution >= 4 is 5.91 Å². The fourth-order valence-electron chi connectivity index (χ4n) is 1.95. The minimum Gasteiger partial charge on any atom is -0.467 e. The Hall–Kier alpha value is -2.08. The molecule has 0 unspecified atom stereocenters. The molecule has 1 aliphatic carbocycles. The van der Waals surface area contributed by atoms with Crippen LogP contribution in [0.15, 0.2) is 29.0 Å². The summed E-state index contributed by atoms with van der Waals surface area (Å²) in [5.74, 6) is 5.94. The number of nitrogen functional groups attached to an aromatic ring is 1. The average molecular weight is 246 g/mol. The number of furan rings is 1. The van der Waals surface area contributed by atoms with Crippen LogP contribution >= 0.6 is 0 Å². The minimum absolute atomic E-state index is 0.353. The van der Waals surface area contributed by atoms with Crippen molar-refractivity contribution in [1.82, 2.24) is 15.2 Å². The summed E-state index contributed by atoms with van der Waals surface area (Å²) >= 11 is 0. The fourth-order valence-corrected chi connectivity index (χ4v) is 1.95. The Balaban J connectivity index is 1.78. The van der Waals surface area contributed by atoms with Gasteiger partial charge in [0.1, 0.15) is 5.76 Å². The van der Waals surface area contributed by atoms with Gasteiger partial charge in [0, 0.05) is 12.1 Å². The molecule has 0 aromatic carbocycles. The van der Waals surface area contributed by atoms with Crippen LogP contribution in [0.5, 0.6) is 0 Å². The van der Waals surface area contributed by atoms with Crippen LogP contribution in [0.3, 0.4) is 0 Å². The molecule has 0 atom stereocenters. The number of rotatable bonds is 4. The molecule has 1 saturated carbocycles. The third-order valence-corrected chi connectivity index (χ3v) is 3.08. The van der Waals surface area contributed by atoms with Gasteiger partial charge in [-0.3, -0.25) is 14.9 Å². The first kappa shape index (κ1) is 11.0. The molecule has 2 aromatic heterocycles. The molecule has 0 bridgehead atoms. The van der Waals surface area contributed by atoms with E-state index in [1.807, 2.05) is 12.3 Å². The monoisotopic (exact) mass is 246 g/mol. The Bertz CT molecular complexity index is 568. The van der Waals surface area contributed by atoms with Crippen molar-refractivity contribution in [3.8, 4) is 0 Å². The summed E-state index contributed by atoms with van der Waals surface area (Å²) in [4.78, 5) is 11.5. The first-order valence-electron chi connectivity index (χ1n) is 5.88. The molecule has 3 rings (SSSR count). The second-order valence-electron chi connectivity index (χ2n) is 4.44. The number of aromatic nitrogens is 2. The lowest BCUT2D eigenvalue weighted by Gasteiger charge is -2.02. The maximum atomic E-state index is 11.5. The fraction of sp³-hybridized carbons (Fsp3) is 0.333. The Kier molecular flexibility index (Phi) is 2.64. The molecule has 1 amide bonds. The van der Waals surface area contributed by atoms with E-state index in [2.05, 4.69) is 10.5 Å². The van der Waals surface area contributed by atoms with Crippen LogP contribution in [0.1, 0.15) is 40.6 Å². The highest BCUT2D eigenvalue weighted by Gasteiger charge is 2.26. The zero-order valence-corrected chi connectivity index (χ0v) is 9.80. The van der Waals surface area contributed by atoms with Crippen molar-refractivity contribution in [1.29, 1.82) is 0 Å². The van der Waals surface area contributed by atoms with Crippen LogP contribution in [0.25, 0.3) is 0 Å². The maximum absolute atomic E-state index is 11.5. The molecule has 6 nitrogen and oxygen atoms in total. The van der Waals surface area contributed by atoms with E-state index >= 15 is 0 Å². The zero-order chi connectivity index (χ0) is 12.5. The number of hydrazine groups is 1. The first-order chi connectivity index (χ1) is 8.78. The third-order valence-electron chi connectivity index (χ3n) is 3.08. The van der Waals surface area contributed by atoms with E-state index in [-0.39, 0.29) is 5.91 Å². The topological polar surface area (TPSA) is 86.1 Å². The quantitative estimate of drug-likeness (QED) is 0.479. The van der Waals surface area contributed by atoms with Crippen LogP contribution < -0.4 is 11.3 Å². The third kappa shape index (κ3) is 2.02. The van der Waals surface area contributed by atoms with Gasteiger partial charge >= 0.3 is 0 Å². The highest BCUT2D eigenvalue weighted by Crippen LogP contribution is 2.38. The lowest BCUT2D eigenvalue weighted by atomic mass is 10.2. The molecule has 0 saturated heterocycles. The molecule has 0 spiro atoms. The number of carbonyl (C=O) groups is 1. The smallest absolute Gasteiger partial charge is 0.268 e. The van der Waals surface area contributed by atoms with E-state index in [0.717, 1.165) is 5.69 Å². The minimum atomic E-state index is -0.353. The van der Waals surface area contributed by atoms with Crippen LogP contribution in [-0.4, -0.2) is 15.7 Å². The van der Waals surface area contributed by atoms with Gasteiger partial charge in [0.15, 0.2) is 0 Å². The molecule has 3 N–H and O–H groups in total. The average Bonchev–Trinajstić information content (AvgIpc) is 2.96. The van der Waals surface area contributed by atoms with Gasteiger partial charge < -0.3 is 4.42 Å². The van der Waals surface area contributed by atoms with E-state index in [9.17, 15) is 4.79 Å². The van der Waals surface area contributed by atoms with Crippen molar-refractivity contribution in [2.24, 2.45) is 5.84 Å². The Morgan fingerprint density at radius 3 is 3.11 bits per heavy atom. The first-order valence-corrected chi connectivity index (χ1v) is 5.88. The van der Waals surface area contributed by atoms with E-state index in [1.54, 1.807) is 10.7 Å². The predicted molar refractivity (Wildman–Crippen MR) is 63.7 cm³/mol. The van der Waals surface area contributed by atoms with Gasteiger partial charge in [-0.2, -0.15) is 5.10 Å². The molecular weight excluding hydrogens is 232 g/mol. The van der Waals surface area contributed by atoms with E-state index < -0.39 is 0 Å². The standard InChI is InChI=1S/C12H14N4O2/c13-14-12(17)9-4-6-18-11(9)7-16-5-3-10(15-16)8-1-2-8/h3-6,8H,1-2,7,13H2,(H,14,17). The summed E-state index contributed by atoms with van der Waals surface area (Å²) in [5, 5.41) is 4.47. The van der Waals surface area contributed by atoms with E-state index in [1.165, 1.54) is 19.1 Å². The van der Waals surface area contributed by atoms with E-state index in [0.29, 0.717) is 23.8 Å². The number of nitrogens with zero attached hydrogens (tertiary/aromatic N) is 2. The van der Waals surface area contributed by atoms with Crippen molar-refractivity contribution < 1.29 is 9.21 Å². The van der Waals surface area contributed by atoms with Crippen molar-refractivity contribution in [3.05, 3.63) is 41.6 Å². The number of hydrogen-bond donors (Lipinski definition) is 2. The van der Waals surface area contributed by atoms with Gasteiger partial charge in [-0.05, 0) is 25.0 Å². The van der Waals surface area contributed by atoms with Crippen molar-refractivity contribution in [3.63, 3.8) is 0 Å². The summed E-state index contributed by atoms with van der Waals surface area (Å²) < 4.78 is 7.08. The van der Waals surface area contributed by atoms with Crippen LogP contribution in [0.4, 0.5) is 0 Å². The number of nitrogens with two attached hydrogens (primary N) is 1. The van der Waals surface area contributed by atoms with Crippen molar-refractivity contribution in [2.75, 3.05) is 0 Å². The highest BCUT2D eigenvalue weighted by molar-refractivity contribution is 5.94. The summed E-state index contributed by atoms with van der Waals surface area (Å²) in [6, 6.07) is 3.62. The molecule has 2 heterocycles. The second kappa shape index (κ2) is 4.30. The zero-order valence-electron chi connectivity index (χ0n) is 9.80. The summed E-state index contributed by atoms with van der Waals surface area (Å²) in [7, 11) is 0. The van der Waals surface area contributed by atoms with Gasteiger partial charge in [0.25, 0.3) is 5.91 Å². The van der Waals surface area contributed by atoms with Gasteiger partial charge in [0.2, 0.25) is 0 Å². The highest BCUT2D eigenvalue weighted by atomic mass is 16.3. The number of carbonyl (C=O) groups excluding carboxylic acids is 1. The molecule has 1 aliphatic rings. The van der Waals surface area contributed by atoms with Crippen LogP contribution in [0, 0.1) is 0 Å². The second-order valence-corrected chi connectivity index (χ2v) is 4.44. The number of hydrogen-bond acceptors (Lipinski definition) is 4. The Labute approximate surface area is 104 Å². The maximum Gasteiger partial charge on any atom is 0.268 e. The van der Waals surface area contributed by atoms with Crippen LogP contribution in [0.2, 0.25) is 0 Å². The Morgan fingerprint density at radius 2 is 2.39 bits per heavy atom. The summed E-state index contributed by atoms with van der Waals surface area (Å²) in [5.41, 5.74) is 3.66. The molecule has 6 heteroatoms. The molecule has 94 valence electrons. The molecule has 0 aliphatic heterocycles. The normalized spacial score (nSPS) is 14.7. The van der Waals surface area contributed by atoms with Gasteiger partial charge in [-0.25, -0.2) is 5.84 Å². The number of nitrogens with one attached hydrogen (secondary N) is 1. The molecule has 0 radical (unpaired) electrons. The summed E-state index contributed by atoms with van der Waals surface area (Å²) in [6.45, 7) is 0.433. The predicted octanol–water partition coefficient (Wildman–Crippen LogP) is 1.01. The molecule has 1 fully saturated rings. The van der Waals surface area contributed by atoms with Gasteiger partial charge in [0.05, 0.1) is 24.1 Å². The molecular formula is C12H14N4O2. The molecule has 18 heavy (non-hydrogen) atoms. The van der Waals surface area contributed by atoms with E-state index in [4.69, 9.17) is 10.3 Å². The van der Waals surface area contributed by atoms with Gasteiger partial charge in [-0.1, -0.05) is 0 Å². The lowest BCUT2D eigenvalue weighted by Crippen LogP contribution is -2.30. The van der Waals surface area contributed by atoms with Crippen LogP contribution in [-0.2, 0) is 6.54 Å². The summed E-state index contributed by atoms with van der Waals surface area (Å²) in [6.07, 6.45) is 5.82. The number of amides is 1. The lowest BCUT2D eigenvalue weighted by molar-refractivity contribution is 0.0951. The molecule has 2 aromatic rings.